The SMILES string of the molecule is CC(C)CNC(=O)CCn1cnc2cc(C(=O)O)ccc21. The number of rotatable bonds is 6. The van der Waals surface area contributed by atoms with Crippen LogP contribution in [0.4, 0.5) is 0 Å². The molecule has 0 atom stereocenters. The number of aryl methyl sites for hydroxylation is 1. The lowest BCUT2D eigenvalue weighted by molar-refractivity contribution is -0.121. The number of carbonyl (C=O) groups excluding carboxylic acids is 1. The molecule has 0 aliphatic rings. The molecule has 0 spiro atoms. The van der Waals surface area contributed by atoms with E-state index in [1.807, 2.05) is 18.4 Å². The third kappa shape index (κ3) is 3.81. The van der Waals surface area contributed by atoms with E-state index in [0.29, 0.717) is 30.9 Å². The summed E-state index contributed by atoms with van der Waals surface area (Å²) < 4.78 is 1.86. The van der Waals surface area contributed by atoms with Gasteiger partial charge in [0.25, 0.3) is 0 Å². The minimum Gasteiger partial charge on any atom is -0.478 e. The summed E-state index contributed by atoms with van der Waals surface area (Å²) in [4.78, 5) is 26.8. The number of benzene rings is 1. The molecule has 0 aliphatic carbocycles. The van der Waals surface area contributed by atoms with Gasteiger partial charge in [0.05, 0.1) is 22.9 Å². The van der Waals surface area contributed by atoms with Crippen LogP contribution in [0.5, 0.6) is 0 Å². The van der Waals surface area contributed by atoms with Crippen LogP contribution in [0.3, 0.4) is 0 Å². The predicted octanol–water partition coefficient (Wildman–Crippen LogP) is 1.90. The zero-order valence-corrected chi connectivity index (χ0v) is 12.2. The van der Waals surface area contributed by atoms with Gasteiger partial charge in [-0.2, -0.15) is 0 Å². The van der Waals surface area contributed by atoms with Gasteiger partial charge in [-0.1, -0.05) is 13.8 Å². The number of nitrogens with one attached hydrogen (secondary N) is 1. The molecule has 1 heterocycles. The summed E-state index contributed by atoms with van der Waals surface area (Å²) in [5, 5.41) is 11.8. The second kappa shape index (κ2) is 6.39. The van der Waals surface area contributed by atoms with E-state index in [1.165, 1.54) is 6.07 Å². The molecule has 2 N–H and O–H groups in total. The lowest BCUT2D eigenvalue weighted by atomic mass is 10.2. The van der Waals surface area contributed by atoms with Crippen LogP contribution in [-0.4, -0.2) is 33.1 Å². The minimum atomic E-state index is -0.973. The van der Waals surface area contributed by atoms with E-state index in [0.717, 1.165) is 5.52 Å². The molecule has 0 saturated carbocycles. The maximum Gasteiger partial charge on any atom is 0.335 e. The van der Waals surface area contributed by atoms with Gasteiger partial charge in [-0.05, 0) is 24.1 Å². The fourth-order valence-electron chi connectivity index (χ4n) is 2.00. The number of aromatic carboxylic acids is 1. The summed E-state index contributed by atoms with van der Waals surface area (Å²) >= 11 is 0. The van der Waals surface area contributed by atoms with Crippen molar-refractivity contribution in [1.82, 2.24) is 14.9 Å². The molecule has 0 unspecified atom stereocenters. The van der Waals surface area contributed by atoms with Crippen molar-refractivity contribution < 1.29 is 14.7 Å². The molecule has 2 aromatic rings. The minimum absolute atomic E-state index is 0.00714. The Morgan fingerprint density at radius 3 is 2.81 bits per heavy atom. The number of carboxylic acid groups (broad SMARTS) is 1. The largest absolute Gasteiger partial charge is 0.478 e. The molecule has 2 rings (SSSR count). The summed E-state index contributed by atoms with van der Waals surface area (Å²) in [6.07, 6.45) is 2.00. The molecular weight excluding hydrogens is 270 g/mol. The fraction of sp³-hybridized carbons (Fsp3) is 0.400. The average Bonchev–Trinajstić information content (AvgIpc) is 2.85. The first-order valence-corrected chi connectivity index (χ1v) is 6.92. The van der Waals surface area contributed by atoms with Gasteiger partial charge in [0.15, 0.2) is 0 Å². The zero-order chi connectivity index (χ0) is 15.4. The molecule has 21 heavy (non-hydrogen) atoms. The van der Waals surface area contributed by atoms with Crippen LogP contribution in [0, 0.1) is 5.92 Å². The van der Waals surface area contributed by atoms with Gasteiger partial charge < -0.3 is 15.0 Å². The number of carboxylic acids is 1. The highest BCUT2D eigenvalue weighted by Gasteiger charge is 2.09. The third-order valence-corrected chi connectivity index (χ3v) is 3.16. The summed E-state index contributed by atoms with van der Waals surface area (Å²) in [6, 6.07) is 4.80. The Labute approximate surface area is 122 Å². The molecule has 0 fully saturated rings. The number of hydrogen-bond acceptors (Lipinski definition) is 3. The first-order chi connectivity index (χ1) is 9.97. The summed E-state index contributed by atoms with van der Waals surface area (Å²) in [5.41, 5.74) is 1.66. The zero-order valence-electron chi connectivity index (χ0n) is 12.2. The number of fused-ring (bicyclic) bond motifs is 1. The van der Waals surface area contributed by atoms with Gasteiger partial charge in [-0.15, -0.1) is 0 Å². The van der Waals surface area contributed by atoms with Crippen molar-refractivity contribution in [3.8, 4) is 0 Å². The first kappa shape index (κ1) is 15.0. The Hall–Kier alpha value is -2.37. The molecule has 6 nitrogen and oxygen atoms in total. The van der Waals surface area contributed by atoms with Gasteiger partial charge in [-0.25, -0.2) is 9.78 Å². The molecule has 0 bridgehead atoms. The van der Waals surface area contributed by atoms with E-state index < -0.39 is 5.97 Å². The Morgan fingerprint density at radius 2 is 2.14 bits per heavy atom. The van der Waals surface area contributed by atoms with Crippen molar-refractivity contribution in [2.45, 2.75) is 26.8 Å². The van der Waals surface area contributed by atoms with Gasteiger partial charge in [0.2, 0.25) is 5.91 Å². The Balaban J connectivity index is 2.03. The molecule has 112 valence electrons. The van der Waals surface area contributed by atoms with Crippen LogP contribution >= 0.6 is 0 Å². The van der Waals surface area contributed by atoms with E-state index in [2.05, 4.69) is 10.3 Å². The van der Waals surface area contributed by atoms with Crippen molar-refractivity contribution >= 4 is 22.9 Å². The molecule has 0 radical (unpaired) electrons. The highest BCUT2D eigenvalue weighted by atomic mass is 16.4. The van der Waals surface area contributed by atoms with Gasteiger partial charge in [-0.3, -0.25) is 4.79 Å². The molecule has 1 aromatic heterocycles. The Kier molecular flexibility index (Phi) is 4.57. The molecule has 0 aliphatic heterocycles. The van der Waals surface area contributed by atoms with E-state index in [1.54, 1.807) is 18.5 Å². The Bertz CT molecular complexity index is 661. The van der Waals surface area contributed by atoms with Crippen LogP contribution in [0.1, 0.15) is 30.6 Å². The molecule has 1 amide bonds. The van der Waals surface area contributed by atoms with E-state index in [-0.39, 0.29) is 11.5 Å². The van der Waals surface area contributed by atoms with Crippen molar-refractivity contribution in [3.05, 3.63) is 30.1 Å². The molecular formula is C15H19N3O3. The monoisotopic (exact) mass is 289 g/mol. The average molecular weight is 289 g/mol. The van der Waals surface area contributed by atoms with E-state index >= 15 is 0 Å². The van der Waals surface area contributed by atoms with Gasteiger partial charge in [0, 0.05) is 19.5 Å². The standard InChI is InChI=1S/C15H19N3O3/c1-10(2)8-16-14(19)5-6-18-9-17-12-7-11(15(20)21)3-4-13(12)18/h3-4,7,9-10H,5-6,8H2,1-2H3,(H,16,19)(H,20,21). The second-order valence-electron chi connectivity index (χ2n) is 5.39. The van der Waals surface area contributed by atoms with Gasteiger partial charge in [0.1, 0.15) is 0 Å². The fourth-order valence-corrected chi connectivity index (χ4v) is 2.00. The van der Waals surface area contributed by atoms with Crippen molar-refractivity contribution in [2.24, 2.45) is 5.92 Å². The normalized spacial score (nSPS) is 11.0. The number of carbonyl (C=O) groups is 2. The third-order valence-electron chi connectivity index (χ3n) is 3.16. The van der Waals surface area contributed by atoms with Crippen LogP contribution in [0.25, 0.3) is 11.0 Å². The highest BCUT2D eigenvalue weighted by Crippen LogP contribution is 2.15. The predicted molar refractivity (Wildman–Crippen MR) is 79.2 cm³/mol. The number of amides is 1. The van der Waals surface area contributed by atoms with Crippen LogP contribution in [0.15, 0.2) is 24.5 Å². The molecule has 6 heteroatoms. The number of nitrogens with zero attached hydrogens (tertiary/aromatic N) is 2. The number of hydrogen-bond donors (Lipinski definition) is 2. The molecule has 1 aromatic carbocycles. The number of aromatic nitrogens is 2. The van der Waals surface area contributed by atoms with E-state index in [4.69, 9.17) is 5.11 Å². The maximum absolute atomic E-state index is 11.7. The summed E-state index contributed by atoms with van der Waals surface area (Å²) in [7, 11) is 0. The quantitative estimate of drug-likeness (QED) is 0.850. The second-order valence-corrected chi connectivity index (χ2v) is 5.39. The smallest absolute Gasteiger partial charge is 0.335 e. The molecule has 0 saturated heterocycles. The lowest BCUT2D eigenvalue weighted by Gasteiger charge is -2.08. The van der Waals surface area contributed by atoms with Crippen molar-refractivity contribution in [2.75, 3.05) is 6.54 Å². The Morgan fingerprint density at radius 1 is 1.38 bits per heavy atom. The topological polar surface area (TPSA) is 84.2 Å². The van der Waals surface area contributed by atoms with Crippen molar-refractivity contribution in [3.63, 3.8) is 0 Å². The maximum atomic E-state index is 11.7. The van der Waals surface area contributed by atoms with Crippen LogP contribution < -0.4 is 5.32 Å². The van der Waals surface area contributed by atoms with Crippen LogP contribution in [-0.2, 0) is 11.3 Å². The first-order valence-electron chi connectivity index (χ1n) is 6.92. The number of imidazole rings is 1. The van der Waals surface area contributed by atoms with E-state index in [9.17, 15) is 9.59 Å². The van der Waals surface area contributed by atoms with Crippen molar-refractivity contribution in [1.29, 1.82) is 0 Å². The lowest BCUT2D eigenvalue weighted by Crippen LogP contribution is -2.27. The highest BCUT2D eigenvalue weighted by molar-refractivity contribution is 5.92. The van der Waals surface area contributed by atoms with Crippen LogP contribution in [0.2, 0.25) is 0 Å². The summed E-state index contributed by atoms with van der Waals surface area (Å²) in [6.45, 7) is 5.28. The summed E-state index contributed by atoms with van der Waals surface area (Å²) in [5.74, 6) is -0.537. The van der Waals surface area contributed by atoms with Gasteiger partial charge >= 0.3 is 5.97 Å².